The van der Waals surface area contributed by atoms with Gasteiger partial charge in [0.05, 0.1) is 17.1 Å². The van der Waals surface area contributed by atoms with Gasteiger partial charge in [-0.25, -0.2) is 9.59 Å². The molecule has 4 heterocycles. The second-order valence-corrected chi connectivity index (χ2v) is 14.6. The van der Waals surface area contributed by atoms with Crippen molar-refractivity contribution in [2.24, 2.45) is 0 Å². The zero-order valence-corrected chi connectivity index (χ0v) is 30.9. The molecule has 266 valence electrons. The van der Waals surface area contributed by atoms with Gasteiger partial charge < -0.3 is 24.6 Å². The van der Waals surface area contributed by atoms with Gasteiger partial charge in [0.25, 0.3) is 0 Å². The fourth-order valence-electron chi connectivity index (χ4n) is 4.99. The first kappa shape index (κ1) is 39.7. The van der Waals surface area contributed by atoms with E-state index in [1.54, 1.807) is 20.5 Å². The van der Waals surface area contributed by atoms with Gasteiger partial charge in [0, 0.05) is 71.0 Å². The van der Waals surface area contributed by atoms with Crippen LogP contribution < -0.4 is 5.32 Å². The van der Waals surface area contributed by atoms with E-state index in [4.69, 9.17) is 9.47 Å². The van der Waals surface area contributed by atoms with E-state index in [0.717, 1.165) is 63.5 Å². The fraction of sp³-hybridized carbons (Fsp3) is 0.735. The normalized spacial score (nSPS) is 15.9. The largest absolute Gasteiger partial charge is 0.444 e. The number of hydrogen-bond donors (Lipinski definition) is 1. The maximum absolute atomic E-state index is 12.1. The minimum atomic E-state index is -0.435. The van der Waals surface area contributed by atoms with Crippen LogP contribution in [0.5, 0.6) is 0 Å². The zero-order valence-electron chi connectivity index (χ0n) is 30.9. The molecule has 2 aromatic heterocycles. The number of nitrogens with one attached hydrogen (secondary N) is 1. The van der Waals surface area contributed by atoms with Crippen molar-refractivity contribution in [1.82, 2.24) is 39.6 Å². The van der Waals surface area contributed by atoms with Gasteiger partial charge in [-0.2, -0.15) is 10.2 Å². The third kappa shape index (κ3) is 14.1. The van der Waals surface area contributed by atoms with Gasteiger partial charge in [0.2, 0.25) is 0 Å². The highest BCUT2D eigenvalue weighted by Crippen LogP contribution is 2.16. The second-order valence-electron chi connectivity index (χ2n) is 14.6. The van der Waals surface area contributed by atoms with Gasteiger partial charge in [0.15, 0.2) is 6.29 Å². The maximum Gasteiger partial charge on any atom is 0.410 e. The van der Waals surface area contributed by atoms with Crippen molar-refractivity contribution in [3.8, 4) is 0 Å². The molecule has 0 unspecified atom stereocenters. The van der Waals surface area contributed by atoms with Gasteiger partial charge in [-0.05, 0) is 95.2 Å². The first-order valence-electron chi connectivity index (χ1n) is 16.7. The lowest BCUT2D eigenvalue weighted by Gasteiger charge is -2.35. The molecule has 2 aliphatic heterocycles. The van der Waals surface area contributed by atoms with Gasteiger partial charge in [-0.3, -0.25) is 19.1 Å². The molecule has 0 atom stereocenters. The molecule has 2 aliphatic rings. The third-order valence-corrected chi connectivity index (χ3v) is 7.10. The van der Waals surface area contributed by atoms with E-state index < -0.39 is 5.60 Å². The molecule has 0 saturated carbocycles. The number of rotatable bonds is 5. The molecule has 0 aromatic carbocycles. The molecule has 2 amide bonds. The number of aryl methyl sites for hydroxylation is 2. The monoisotopic (exact) mass is 660 g/mol. The van der Waals surface area contributed by atoms with E-state index in [0.29, 0.717) is 24.8 Å². The summed E-state index contributed by atoms with van der Waals surface area (Å²) < 4.78 is 14.5. The summed E-state index contributed by atoms with van der Waals surface area (Å²) in [6.45, 7) is 30.8. The van der Waals surface area contributed by atoms with E-state index in [2.05, 4.69) is 45.0 Å². The topological polar surface area (TPSA) is 127 Å². The standard InChI is InChI=1S/C17H30N4O2.C9H18N2O2.C8H12N2O/c1-13(2)21-15(11-14(3)18-21)12-19-7-9-20(10-8-19)16(22)23-17(4,5)6;1-9(2,3)13-8(12)11-6-4-10-5-7-11;1-6(2)10-8(5-11)4-7(3)9-10/h11,13H,7-10,12H2,1-6H3;10H,4-7H2,1-3H3;4-6H,1-3H3. The molecule has 2 saturated heterocycles. The van der Waals surface area contributed by atoms with Crippen LogP contribution in [0, 0.1) is 13.8 Å². The second kappa shape index (κ2) is 17.6. The number of nitrogens with zero attached hydrogens (tertiary/aromatic N) is 7. The number of aromatic nitrogens is 4. The lowest BCUT2D eigenvalue weighted by Crippen LogP contribution is -2.49. The number of amides is 2. The third-order valence-electron chi connectivity index (χ3n) is 7.10. The Hall–Kier alpha value is -3.45. The van der Waals surface area contributed by atoms with E-state index >= 15 is 0 Å². The van der Waals surface area contributed by atoms with Crippen molar-refractivity contribution in [3.63, 3.8) is 0 Å². The Labute approximate surface area is 281 Å². The van der Waals surface area contributed by atoms with Crippen LogP contribution in [0.3, 0.4) is 0 Å². The van der Waals surface area contributed by atoms with Crippen LogP contribution in [0.1, 0.15) is 109 Å². The molecule has 0 radical (unpaired) electrons. The van der Waals surface area contributed by atoms with Gasteiger partial charge >= 0.3 is 12.2 Å². The van der Waals surface area contributed by atoms with Crippen molar-refractivity contribution in [1.29, 1.82) is 0 Å². The average molecular weight is 661 g/mol. The van der Waals surface area contributed by atoms with Crippen LogP contribution >= 0.6 is 0 Å². The smallest absolute Gasteiger partial charge is 0.410 e. The summed E-state index contributed by atoms with van der Waals surface area (Å²) in [5, 5.41) is 11.9. The van der Waals surface area contributed by atoms with Gasteiger partial charge in [-0.15, -0.1) is 0 Å². The number of aldehydes is 1. The first-order valence-corrected chi connectivity index (χ1v) is 16.7. The highest BCUT2D eigenvalue weighted by molar-refractivity contribution is 5.72. The number of carbonyl (C=O) groups excluding carboxylic acids is 3. The molecule has 0 spiro atoms. The molecule has 4 rings (SSSR count). The summed E-state index contributed by atoms with van der Waals surface area (Å²) in [5.41, 5.74) is 3.01. The minimum absolute atomic E-state index is 0.200. The Morgan fingerprint density at radius 1 is 0.766 bits per heavy atom. The quantitative estimate of drug-likeness (QED) is 0.429. The number of carbonyl (C=O) groups is 3. The van der Waals surface area contributed by atoms with E-state index in [1.807, 2.05) is 69.2 Å². The molecular weight excluding hydrogens is 600 g/mol. The van der Waals surface area contributed by atoms with Crippen LogP contribution in [0.25, 0.3) is 0 Å². The van der Waals surface area contributed by atoms with E-state index in [1.165, 1.54) is 5.69 Å². The van der Waals surface area contributed by atoms with Crippen LogP contribution in [0.15, 0.2) is 12.1 Å². The molecule has 2 aromatic rings. The zero-order chi connectivity index (χ0) is 35.5. The fourth-order valence-corrected chi connectivity index (χ4v) is 4.99. The average Bonchev–Trinajstić information content (AvgIpc) is 3.54. The van der Waals surface area contributed by atoms with Crippen LogP contribution in [-0.4, -0.2) is 116 Å². The number of hydrogen-bond acceptors (Lipinski definition) is 9. The predicted octanol–water partition coefficient (Wildman–Crippen LogP) is 5.24. The molecule has 2 fully saturated rings. The lowest BCUT2D eigenvalue weighted by atomic mass is 10.2. The molecule has 47 heavy (non-hydrogen) atoms. The molecule has 0 aliphatic carbocycles. The first-order chi connectivity index (χ1) is 21.8. The number of ether oxygens (including phenoxy) is 2. The highest BCUT2D eigenvalue weighted by Gasteiger charge is 2.26. The van der Waals surface area contributed by atoms with Gasteiger partial charge in [0.1, 0.15) is 16.9 Å². The van der Waals surface area contributed by atoms with Crippen LogP contribution in [0.2, 0.25) is 0 Å². The molecule has 13 heteroatoms. The Bertz CT molecular complexity index is 1270. The van der Waals surface area contributed by atoms with Crippen molar-refractivity contribution < 1.29 is 23.9 Å². The summed E-state index contributed by atoms with van der Waals surface area (Å²) in [6.07, 6.45) is 0.425. The van der Waals surface area contributed by atoms with Crippen molar-refractivity contribution in [3.05, 3.63) is 34.9 Å². The van der Waals surface area contributed by atoms with Gasteiger partial charge in [-0.1, -0.05) is 0 Å². The van der Waals surface area contributed by atoms with Crippen LogP contribution in [-0.2, 0) is 16.0 Å². The summed E-state index contributed by atoms with van der Waals surface area (Å²) in [5.74, 6) is 0. The minimum Gasteiger partial charge on any atom is -0.444 e. The lowest BCUT2D eigenvalue weighted by molar-refractivity contribution is 0.0136. The summed E-state index contributed by atoms with van der Waals surface area (Å²) >= 11 is 0. The highest BCUT2D eigenvalue weighted by atomic mass is 16.6. The molecule has 1 N–H and O–H groups in total. The molecule has 0 bridgehead atoms. The molecular formula is C34H60N8O5. The van der Waals surface area contributed by atoms with Crippen molar-refractivity contribution in [2.75, 3.05) is 52.4 Å². The Morgan fingerprint density at radius 3 is 1.64 bits per heavy atom. The summed E-state index contributed by atoms with van der Waals surface area (Å²) in [7, 11) is 0. The van der Waals surface area contributed by atoms with Crippen molar-refractivity contribution in [2.45, 2.75) is 113 Å². The van der Waals surface area contributed by atoms with Crippen molar-refractivity contribution >= 4 is 18.5 Å². The van der Waals surface area contributed by atoms with E-state index in [-0.39, 0.29) is 23.8 Å². The summed E-state index contributed by atoms with van der Waals surface area (Å²) in [4.78, 5) is 40.0. The summed E-state index contributed by atoms with van der Waals surface area (Å²) in [6, 6.07) is 4.55. The van der Waals surface area contributed by atoms with E-state index in [9.17, 15) is 14.4 Å². The number of piperazine rings is 2. The van der Waals surface area contributed by atoms with Crippen LogP contribution in [0.4, 0.5) is 9.59 Å². The Kier molecular flexibility index (Phi) is 14.9. The predicted molar refractivity (Wildman–Crippen MR) is 184 cm³/mol. The Balaban J connectivity index is 0.000000270. The SMILES string of the molecule is CC(C)(C)OC(=O)N1CCNCC1.Cc1cc(C=O)n(C(C)C)n1.Cc1cc(CN2CCN(C(=O)OC(C)(C)C)CC2)n(C(C)C)n1. The molecule has 13 nitrogen and oxygen atoms in total. The Morgan fingerprint density at radius 2 is 1.21 bits per heavy atom. The maximum atomic E-state index is 12.1.